The van der Waals surface area contributed by atoms with Gasteiger partial charge in [0.1, 0.15) is 10.8 Å². The van der Waals surface area contributed by atoms with E-state index in [1.54, 1.807) is 6.07 Å². The van der Waals surface area contributed by atoms with Crippen LogP contribution in [0.4, 0.5) is 5.69 Å². The fourth-order valence-corrected chi connectivity index (χ4v) is 3.13. The van der Waals surface area contributed by atoms with E-state index in [1.807, 2.05) is 0 Å². The third kappa shape index (κ3) is 4.31. The average Bonchev–Trinajstić information content (AvgIpc) is 2.52. The lowest BCUT2D eigenvalue weighted by molar-refractivity contribution is -0.384. The second-order valence-electron chi connectivity index (χ2n) is 4.45. The number of halogens is 3. The molecule has 0 spiro atoms. The molecule has 0 saturated heterocycles. The minimum atomic E-state index is -0.644. The summed E-state index contributed by atoms with van der Waals surface area (Å²) in [5, 5.41) is 24.4. The fourth-order valence-electron chi connectivity index (χ4n) is 1.71. The average molecular weight is 477 g/mol. The number of nitro groups is 1. The van der Waals surface area contributed by atoms with E-state index >= 15 is 0 Å². The number of carbonyl (C=O) groups is 1. The molecule has 2 aromatic carbocycles. The van der Waals surface area contributed by atoms with Crippen molar-refractivity contribution in [2.75, 3.05) is 0 Å². The van der Waals surface area contributed by atoms with Gasteiger partial charge in [-0.05, 0) is 34.1 Å². The lowest BCUT2D eigenvalue weighted by atomic mass is 10.2. The van der Waals surface area contributed by atoms with Gasteiger partial charge in [0.15, 0.2) is 0 Å². The van der Waals surface area contributed by atoms with E-state index in [-0.39, 0.29) is 22.0 Å². The van der Waals surface area contributed by atoms with Crippen molar-refractivity contribution in [3.8, 4) is 5.75 Å². The number of nitrogens with zero attached hydrogens (tertiary/aromatic N) is 2. The van der Waals surface area contributed by atoms with E-state index in [0.717, 1.165) is 0 Å². The van der Waals surface area contributed by atoms with E-state index < -0.39 is 10.8 Å². The Morgan fingerprint density at radius 2 is 2.04 bits per heavy atom. The number of aromatic hydroxyl groups is 1. The molecule has 0 aliphatic heterocycles. The number of nitro benzene ring substituents is 1. The minimum Gasteiger partial charge on any atom is -0.506 e. The van der Waals surface area contributed by atoms with Gasteiger partial charge in [-0.15, -0.1) is 0 Å². The van der Waals surface area contributed by atoms with Gasteiger partial charge in [0.25, 0.3) is 11.6 Å². The highest BCUT2D eigenvalue weighted by Crippen LogP contribution is 2.31. The summed E-state index contributed by atoms with van der Waals surface area (Å²) < 4.78 is 0.939. The van der Waals surface area contributed by atoms with Gasteiger partial charge in [0, 0.05) is 16.1 Å². The molecule has 0 aliphatic rings. The topological polar surface area (TPSA) is 105 Å². The van der Waals surface area contributed by atoms with Crippen molar-refractivity contribution < 1.29 is 14.8 Å². The number of phenolic OH excluding ortho intramolecular Hbond substituents is 1. The van der Waals surface area contributed by atoms with Crippen LogP contribution in [0.1, 0.15) is 15.9 Å². The summed E-state index contributed by atoms with van der Waals surface area (Å²) in [7, 11) is 0. The predicted octanol–water partition coefficient (Wildman–Crippen LogP) is 4.24. The van der Waals surface area contributed by atoms with Crippen LogP contribution in [0.25, 0.3) is 0 Å². The number of hydrogen-bond donors (Lipinski definition) is 2. The maximum atomic E-state index is 12.0. The smallest absolute Gasteiger partial charge is 0.288 e. The zero-order valence-corrected chi connectivity index (χ0v) is 15.6. The molecular weight excluding hydrogens is 469 g/mol. The molecule has 0 atom stereocenters. The van der Waals surface area contributed by atoms with E-state index in [1.165, 1.54) is 30.5 Å². The summed E-state index contributed by atoms with van der Waals surface area (Å²) in [6, 6.07) is 7.11. The highest BCUT2D eigenvalue weighted by molar-refractivity contribution is 9.11. The zero-order valence-electron chi connectivity index (χ0n) is 11.7. The highest BCUT2D eigenvalue weighted by atomic mass is 79.9. The molecule has 124 valence electrons. The van der Waals surface area contributed by atoms with E-state index in [4.69, 9.17) is 11.6 Å². The summed E-state index contributed by atoms with van der Waals surface area (Å²) >= 11 is 12.0. The van der Waals surface area contributed by atoms with E-state index in [9.17, 15) is 20.0 Å². The van der Waals surface area contributed by atoms with Gasteiger partial charge in [-0.3, -0.25) is 14.9 Å². The Morgan fingerprint density at radius 1 is 1.33 bits per heavy atom. The summed E-state index contributed by atoms with van der Waals surface area (Å²) in [5.74, 6) is -0.873. The molecule has 0 aliphatic carbocycles. The third-order valence-electron chi connectivity index (χ3n) is 2.82. The van der Waals surface area contributed by atoms with Crippen LogP contribution in [-0.2, 0) is 0 Å². The molecule has 0 radical (unpaired) electrons. The van der Waals surface area contributed by atoms with Crippen molar-refractivity contribution in [1.82, 2.24) is 5.43 Å². The molecule has 7 nitrogen and oxygen atoms in total. The number of hydrazone groups is 1. The van der Waals surface area contributed by atoms with Crippen molar-refractivity contribution in [2.24, 2.45) is 5.10 Å². The molecule has 0 fully saturated rings. The summed E-state index contributed by atoms with van der Waals surface area (Å²) in [4.78, 5) is 22.2. The maximum Gasteiger partial charge on any atom is 0.288 e. The Labute approximate surface area is 157 Å². The normalized spacial score (nSPS) is 10.8. The van der Waals surface area contributed by atoms with Crippen LogP contribution < -0.4 is 5.43 Å². The Bertz CT molecular complexity index is 858. The summed E-state index contributed by atoms with van der Waals surface area (Å²) in [5.41, 5.74) is 2.36. The number of nitrogens with one attached hydrogen (secondary N) is 1. The van der Waals surface area contributed by atoms with Gasteiger partial charge in [-0.25, -0.2) is 5.43 Å². The monoisotopic (exact) mass is 475 g/mol. The number of amides is 1. The summed E-state index contributed by atoms with van der Waals surface area (Å²) in [6.45, 7) is 0. The minimum absolute atomic E-state index is 0.00472. The Hall–Kier alpha value is -1.97. The van der Waals surface area contributed by atoms with Crippen molar-refractivity contribution >= 4 is 61.3 Å². The zero-order chi connectivity index (χ0) is 17.9. The van der Waals surface area contributed by atoms with Gasteiger partial charge in [0.2, 0.25) is 0 Å². The fraction of sp³-hybridized carbons (Fsp3) is 0. The molecular formula is C14H8Br2ClN3O4. The first-order valence-corrected chi connectivity index (χ1v) is 8.21. The van der Waals surface area contributed by atoms with Crippen molar-refractivity contribution in [3.63, 3.8) is 0 Å². The van der Waals surface area contributed by atoms with E-state index in [0.29, 0.717) is 14.5 Å². The second-order valence-corrected chi connectivity index (χ2v) is 6.63. The standard InChI is InChI=1S/C14H8Br2ClN3O4/c15-8-4-9(13(21)10(16)5-8)14(22)19-18-6-7-1-2-11(17)12(3-7)20(23)24/h1-6,21H,(H,19,22)/b18-6-. The van der Waals surface area contributed by atoms with Gasteiger partial charge in [-0.2, -0.15) is 5.10 Å². The Morgan fingerprint density at radius 3 is 2.71 bits per heavy atom. The molecule has 2 rings (SSSR count). The first kappa shape index (κ1) is 18.4. The predicted molar refractivity (Wildman–Crippen MR) is 96.7 cm³/mol. The third-order valence-corrected chi connectivity index (χ3v) is 4.20. The first-order chi connectivity index (χ1) is 11.3. The SMILES string of the molecule is O=C(N/N=C\c1ccc(Cl)c([N+](=O)[O-])c1)c1cc(Br)cc(Br)c1O. The van der Waals surface area contributed by atoms with Gasteiger partial charge in [-0.1, -0.05) is 33.6 Å². The Kier molecular flexibility index (Phi) is 5.92. The quantitative estimate of drug-likeness (QED) is 0.390. The Balaban J connectivity index is 2.16. The number of benzene rings is 2. The van der Waals surface area contributed by atoms with Crippen LogP contribution in [0.3, 0.4) is 0 Å². The molecule has 0 aromatic heterocycles. The molecule has 1 amide bonds. The van der Waals surface area contributed by atoms with Crippen molar-refractivity contribution in [1.29, 1.82) is 0 Å². The molecule has 10 heteroatoms. The molecule has 24 heavy (non-hydrogen) atoms. The highest BCUT2D eigenvalue weighted by Gasteiger charge is 2.15. The van der Waals surface area contributed by atoms with Gasteiger partial charge in [0.05, 0.1) is 21.2 Å². The number of phenols is 1. The lowest BCUT2D eigenvalue weighted by Gasteiger charge is -2.05. The van der Waals surface area contributed by atoms with Crippen molar-refractivity contribution in [3.05, 3.63) is 65.5 Å². The molecule has 2 aromatic rings. The van der Waals surface area contributed by atoms with Crippen molar-refractivity contribution in [2.45, 2.75) is 0 Å². The maximum absolute atomic E-state index is 12.0. The second kappa shape index (κ2) is 7.73. The molecule has 0 saturated carbocycles. The van der Waals surface area contributed by atoms with Crippen LogP contribution in [-0.4, -0.2) is 22.2 Å². The van der Waals surface area contributed by atoms with Crippen LogP contribution in [0, 0.1) is 10.1 Å². The van der Waals surface area contributed by atoms with Crippen LogP contribution in [0.5, 0.6) is 5.75 Å². The molecule has 2 N–H and O–H groups in total. The largest absolute Gasteiger partial charge is 0.506 e. The van der Waals surface area contributed by atoms with Crippen LogP contribution in [0.15, 0.2) is 44.4 Å². The summed E-state index contributed by atoms with van der Waals surface area (Å²) in [6.07, 6.45) is 1.23. The number of rotatable bonds is 4. The van der Waals surface area contributed by atoms with Gasteiger partial charge >= 0.3 is 0 Å². The lowest BCUT2D eigenvalue weighted by Crippen LogP contribution is -2.18. The number of hydrogen-bond acceptors (Lipinski definition) is 5. The molecule has 0 bridgehead atoms. The van der Waals surface area contributed by atoms with Crippen LogP contribution >= 0.6 is 43.5 Å². The van der Waals surface area contributed by atoms with E-state index in [2.05, 4.69) is 42.4 Å². The number of carbonyl (C=O) groups excluding carboxylic acids is 1. The molecule has 0 heterocycles. The molecule has 0 unspecified atom stereocenters. The van der Waals surface area contributed by atoms with Crippen LogP contribution in [0.2, 0.25) is 5.02 Å². The first-order valence-electron chi connectivity index (χ1n) is 6.25. The van der Waals surface area contributed by atoms with Gasteiger partial charge < -0.3 is 5.11 Å².